The quantitative estimate of drug-likeness (QED) is 0.608. The Balaban J connectivity index is 1.52. The molecule has 0 spiro atoms. The molecule has 0 radical (unpaired) electrons. The Morgan fingerprint density at radius 2 is 1.82 bits per heavy atom. The molecule has 154 valence electrons. The van der Waals surface area contributed by atoms with Gasteiger partial charge in [-0.25, -0.2) is 18.7 Å². The van der Waals surface area contributed by atoms with Crippen molar-refractivity contribution in [2.75, 3.05) is 13.1 Å². The Morgan fingerprint density at radius 1 is 1.14 bits per heavy atom. The molecule has 28 heavy (non-hydrogen) atoms. The van der Waals surface area contributed by atoms with Gasteiger partial charge < -0.3 is 0 Å². The van der Waals surface area contributed by atoms with Crippen LogP contribution in [0, 0.1) is 18.3 Å². The highest BCUT2D eigenvalue weighted by molar-refractivity contribution is 7.18. The largest absolute Gasteiger partial charge is 0.297 e. The fraction of sp³-hybridized carbons (Fsp3) is 0.727. The van der Waals surface area contributed by atoms with E-state index in [0.29, 0.717) is 24.2 Å². The first-order valence-corrected chi connectivity index (χ1v) is 11.4. The van der Waals surface area contributed by atoms with Crippen LogP contribution in [0.3, 0.4) is 0 Å². The van der Waals surface area contributed by atoms with Crippen molar-refractivity contribution in [3.05, 3.63) is 22.5 Å². The minimum atomic E-state index is -2.19. The van der Waals surface area contributed by atoms with E-state index < -0.39 is 12.3 Å². The van der Waals surface area contributed by atoms with E-state index in [2.05, 4.69) is 24.8 Å². The molecule has 6 heteroatoms. The van der Waals surface area contributed by atoms with Gasteiger partial charge in [0.1, 0.15) is 10.7 Å². The topological polar surface area (TPSA) is 29.0 Å². The number of thiophene rings is 1. The minimum absolute atomic E-state index is 0.438. The zero-order chi connectivity index (χ0) is 19.9. The van der Waals surface area contributed by atoms with Crippen molar-refractivity contribution in [3.63, 3.8) is 0 Å². The molecule has 1 saturated carbocycles. The molecule has 2 fully saturated rings. The van der Waals surface area contributed by atoms with Gasteiger partial charge in [0.05, 0.1) is 5.69 Å². The summed E-state index contributed by atoms with van der Waals surface area (Å²) in [6.45, 7) is 8.90. The molecule has 0 bridgehead atoms. The van der Waals surface area contributed by atoms with Crippen LogP contribution in [-0.4, -0.2) is 34.4 Å². The highest BCUT2D eigenvalue weighted by atomic mass is 32.1. The third-order valence-corrected chi connectivity index (χ3v) is 7.90. The van der Waals surface area contributed by atoms with Gasteiger partial charge in [-0.3, -0.25) is 4.90 Å². The predicted molar refractivity (Wildman–Crippen MR) is 111 cm³/mol. The van der Waals surface area contributed by atoms with E-state index in [0.717, 1.165) is 36.0 Å². The Hall–Kier alpha value is -1.14. The van der Waals surface area contributed by atoms with E-state index in [4.69, 9.17) is 9.97 Å². The van der Waals surface area contributed by atoms with Gasteiger partial charge in [0.15, 0.2) is 0 Å². The van der Waals surface area contributed by atoms with Gasteiger partial charge in [-0.1, -0.05) is 13.8 Å². The monoisotopic (exact) mass is 407 g/mol. The van der Waals surface area contributed by atoms with Crippen LogP contribution in [0.5, 0.6) is 0 Å². The molecule has 2 aromatic heterocycles. The normalized spacial score (nSPS) is 22.4. The summed E-state index contributed by atoms with van der Waals surface area (Å²) in [5, 5.41) is 1.17. The molecule has 3 heterocycles. The second-order valence-electron chi connectivity index (χ2n) is 9.47. The van der Waals surface area contributed by atoms with Crippen molar-refractivity contribution in [2.45, 2.75) is 78.2 Å². The van der Waals surface area contributed by atoms with Crippen LogP contribution < -0.4 is 0 Å². The number of nitrogens with zero attached hydrogens (tertiary/aromatic N) is 3. The summed E-state index contributed by atoms with van der Waals surface area (Å²) in [7, 11) is 0. The molecule has 0 amide bonds. The zero-order valence-corrected chi connectivity index (χ0v) is 18.0. The standard InChI is InChI=1S/C22H31F2N3S/c1-14-25-18(13-27-10-6-16(7-11-27)20(23)24)17-12-19(28-21(17)26-14)15-4-8-22(2,3)9-5-15/h12,15-16,20H,4-11,13H2,1-3H3. The third kappa shape index (κ3) is 4.38. The van der Waals surface area contributed by atoms with Gasteiger partial charge >= 0.3 is 0 Å². The lowest BCUT2D eigenvalue weighted by Crippen LogP contribution is -2.35. The number of likely N-dealkylation sites (tertiary alicyclic amines) is 1. The van der Waals surface area contributed by atoms with Gasteiger partial charge in [-0.15, -0.1) is 11.3 Å². The molecule has 0 atom stereocenters. The van der Waals surface area contributed by atoms with Gasteiger partial charge in [-0.2, -0.15) is 0 Å². The number of alkyl halides is 2. The third-order valence-electron chi connectivity index (χ3n) is 6.71. The second-order valence-corrected chi connectivity index (χ2v) is 10.5. The summed E-state index contributed by atoms with van der Waals surface area (Å²) in [6.07, 6.45) is 4.04. The zero-order valence-electron chi connectivity index (χ0n) is 17.2. The van der Waals surface area contributed by atoms with Crippen molar-refractivity contribution in [3.8, 4) is 0 Å². The van der Waals surface area contributed by atoms with E-state index in [9.17, 15) is 8.78 Å². The Labute approximate surface area is 170 Å². The number of hydrogen-bond donors (Lipinski definition) is 0. The van der Waals surface area contributed by atoms with Gasteiger partial charge in [0.2, 0.25) is 6.43 Å². The molecule has 0 N–H and O–H groups in total. The van der Waals surface area contributed by atoms with E-state index in [1.54, 1.807) is 0 Å². The van der Waals surface area contributed by atoms with E-state index in [1.807, 2.05) is 18.3 Å². The number of halogens is 2. The summed E-state index contributed by atoms with van der Waals surface area (Å²) in [6, 6.07) is 2.32. The summed E-state index contributed by atoms with van der Waals surface area (Å²) in [4.78, 5) is 14.2. The molecule has 3 nitrogen and oxygen atoms in total. The SMILES string of the molecule is Cc1nc(CN2CCC(C(F)F)CC2)c2cc(C3CCC(C)(C)CC3)sc2n1. The van der Waals surface area contributed by atoms with Crippen LogP contribution in [0.15, 0.2) is 6.07 Å². The summed E-state index contributed by atoms with van der Waals surface area (Å²) in [5.74, 6) is 1.01. The maximum absolute atomic E-state index is 12.9. The maximum atomic E-state index is 12.9. The number of aryl methyl sites for hydroxylation is 1. The van der Waals surface area contributed by atoms with Crippen LogP contribution in [0.4, 0.5) is 8.78 Å². The Morgan fingerprint density at radius 3 is 2.46 bits per heavy atom. The van der Waals surface area contributed by atoms with Crippen molar-refractivity contribution in [1.29, 1.82) is 0 Å². The van der Waals surface area contributed by atoms with E-state index in [-0.39, 0.29) is 0 Å². The van der Waals surface area contributed by atoms with E-state index >= 15 is 0 Å². The van der Waals surface area contributed by atoms with Crippen molar-refractivity contribution >= 4 is 21.6 Å². The average Bonchev–Trinajstić information content (AvgIpc) is 3.06. The summed E-state index contributed by atoms with van der Waals surface area (Å²) >= 11 is 1.83. The van der Waals surface area contributed by atoms with E-state index in [1.165, 1.54) is 35.9 Å². The molecule has 2 aromatic rings. The minimum Gasteiger partial charge on any atom is -0.297 e. The molecule has 0 unspecified atom stereocenters. The van der Waals surface area contributed by atoms with Crippen molar-refractivity contribution < 1.29 is 8.78 Å². The number of aromatic nitrogens is 2. The average molecular weight is 408 g/mol. The second kappa shape index (κ2) is 7.94. The summed E-state index contributed by atoms with van der Waals surface area (Å²) in [5.41, 5.74) is 1.54. The van der Waals surface area contributed by atoms with Gasteiger partial charge in [-0.05, 0) is 75.9 Å². The number of fused-ring (bicyclic) bond motifs is 1. The Kier molecular flexibility index (Phi) is 5.71. The lowest BCUT2D eigenvalue weighted by molar-refractivity contribution is 0.0334. The lowest BCUT2D eigenvalue weighted by atomic mass is 9.73. The van der Waals surface area contributed by atoms with Crippen LogP contribution in [0.1, 0.15) is 74.7 Å². The van der Waals surface area contributed by atoms with Crippen molar-refractivity contribution in [1.82, 2.24) is 14.9 Å². The maximum Gasteiger partial charge on any atom is 0.241 e. The lowest BCUT2D eigenvalue weighted by Gasteiger charge is -2.33. The van der Waals surface area contributed by atoms with Gasteiger partial charge in [0.25, 0.3) is 0 Å². The molecule has 4 rings (SSSR count). The first-order chi connectivity index (χ1) is 13.3. The summed E-state index contributed by atoms with van der Waals surface area (Å²) < 4.78 is 25.9. The number of rotatable bonds is 4. The highest BCUT2D eigenvalue weighted by Crippen LogP contribution is 2.45. The van der Waals surface area contributed by atoms with Crippen LogP contribution in [0.25, 0.3) is 10.2 Å². The fourth-order valence-electron chi connectivity index (χ4n) is 4.70. The van der Waals surface area contributed by atoms with Crippen LogP contribution >= 0.6 is 11.3 Å². The van der Waals surface area contributed by atoms with Crippen molar-refractivity contribution in [2.24, 2.45) is 11.3 Å². The predicted octanol–water partition coefficient (Wildman–Crippen LogP) is 6.16. The Bertz CT molecular complexity index is 815. The molecule has 1 saturated heterocycles. The first kappa shape index (κ1) is 20.1. The first-order valence-electron chi connectivity index (χ1n) is 10.6. The molecule has 1 aliphatic heterocycles. The molecular weight excluding hydrogens is 376 g/mol. The van der Waals surface area contributed by atoms with Crippen LogP contribution in [-0.2, 0) is 6.54 Å². The van der Waals surface area contributed by atoms with Gasteiger partial charge in [0, 0.05) is 22.7 Å². The molecule has 1 aliphatic carbocycles. The molecule has 2 aliphatic rings. The fourth-order valence-corrected chi connectivity index (χ4v) is 5.96. The smallest absolute Gasteiger partial charge is 0.241 e. The highest BCUT2D eigenvalue weighted by Gasteiger charge is 2.30. The van der Waals surface area contributed by atoms with Crippen LogP contribution in [0.2, 0.25) is 0 Å². The number of hydrogen-bond acceptors (Lipinski definition) is 4. The molecular formula is C22H31F2N3S. The molecule has 0 aromatic carbocycles. The number of piperidine rings is 1.